The van der Waals surface area contributed by atoms with Crippen LogP contribution in [0.2, 0.25) is 0 Å². The minimum Gasteiger partial charge on any atom is -0.481 e. The summed E-state index contributed by atoms with van der Waals surface area (Å²) in [6.45, 7) is 5.13. The molecule has 3 nitrogen and oxygen atoms in total. The summed E-state index contributed by atoms with van der Waals surface area (Å²) >= 11 is 0. The lowest BCUT2D eigenvalue weighted by molar-refractivity contribution is -0.141. The largest absolute Gasteiger partial charge is 0.481 e. The molecule has 3 N–H and O–H groups in total. The number of hydrogen-bond acceptors (Lipinski definition) is 2. The fourth-order valence-electron chi connectivity index (χ4n) is 0.525. The van der Waals surface area contributed by atoms with Gasteiger partial charge in [0.2, 0.25) is 0 Å². The third kappa shape index (κ3) is 3.95. The van der Waals surface area contributed by atoms with Gasteiger partial charge in [-0.3, -0.25) is 4.79 Å². The first-order chi connectivity index (χ1) is 4.54. The summed E-state index contributed by atoms with van der Waals surface area (Å²) in [5.41, 5.74) is 5.80. The number of aliphatic carboxylic acids is 1. The van der Waals surface area contributed by atoms with Gasteiger partial charge in [0.1, 0.15) is 0 Å². The maximum atomic E-state index is 10.2. The number of rotatable bonds is 4. The maximum absolute atomic E-state index is 10.2. The Morgan fingerprint density at radius 2 is 2.30 bits per heavy atom. The fourth-order valence-corrected chi connectivity index (χ4v) is 0.525. The smallest absolute Gasteiger partial charge is 0.306 e. The Morgan fingerprint density at radius 3 is 2.60 bits per heavy atom. The molecule has 0 unspecified atom stereocenters. The minimum atomic E-state index is -0.777. The Morgan fingerprint density at radius 1 is 1.80 bits per heavy atom. The third-order valence-electron chi connectivity index (χ3n) is 1.32. The second-order valence-electron chi connectivity index (χ2n) is 2.44. The van der Waals surface area contributed by atoms with Crippen molar-refractivity contribution >= 4 is 5.97 Å². The quantitative estimate of drug-likeness (QED) is 0.616. The van der Waals surface area contributed by atoms with Gasteiger partial charge in [0.15, 0.2) is 0 Å². The Balaban J connectivity index is 3.49. The van der Waals surface area contributed by atoms with Crippen LogP contribution in [0.5, 0.6) is 0 Å². The number of hydrogen-bond donors (Lipinski definition) is 2. The van der Waals surface area contributed by atoms with Crippen molar-refractivity contribution in [3.05, 3.63) is 12.3 Å². The predicted molar refractivity (Wildman–Crippen MR) is 39.4 cm³/mol. The van der Waals surface area contributed by atoms with E-state index in [2.05, 4.69) is 6.58 Å². The van der Waals surface area contributed by atoms with Gasteiger partial charge in [0.05, 0.1) is 5.92 Å². The van der Waals surface area contributed by atoms with Crippen LogP contribution in [0.25, 0.3) is 0 Å². The summed E-state index contributed by atoms with van der Waals surface area (Å²) in [7, 11) is 0. The fraction of sp³-hybridized carbons (Fsp3) is 0.571. The molecule has 0 amide bonds. The summed E-state index contributed by atoms with van der Waals surface area (Å²) in [5, 5.41) is 8.42. The zero-order valence-corrected chi connectivity index (χ0v) is 6.13. The van der Waals surface area contributed by atoms with Crippen LogP contribution in [-0.4, -0.2) is 11.1 Å². The van der Waals surface area contributed by atoms with Crippen LogP contribution in [0.4, 0.5) is 0 Å². The van der Waals surface area contributed by atoms with Crippen molar-refractivity contribution in [3.8, 4) is 0 Å². The van der Waals surface area contributed by atoms with Crippen molar-refractivity contribution in [2.75, 3.05) is 0 Å². The molecule has 0 rings (SSSR count). The van der Waals surface area contributed by atoms with E-state index >= 15 is 0 Å². The Labute approximate surface area is 60.5 Å². The van der Waals surface area contributed by atoms with E-state index in [1.165, 1.54) is 0 Å². The van der Waals surface area contributed by atoms with Crippen LogP contribution < -0.4 is 5.73 Å². The van der Waals surface area contributed by atoms with Gasteiger partial charge in [0, 0.05) is 5.70 Å². The highest BCUT2D eigenvalue weighted by molar-refractivity contribution is 5.69. The lowest BCUT2D eigenvalue weighted by Gasteiger charge is -2.03. The van der Waals surface area contributed by atoms with Crippen LogP contribution >= 0.6 is 0 Å². The molecule has 0 aromatic heterocycles. The number of carbonyl (C=O) groups is 1. The van der Waals surface area contributed by atoms with E-state index in [0.717, 1.165) is 0 Å². The summed E-state index contributed by atoms with van der Waals surface area (Å²) in [6.07, 6.45) is 1.16. The number of nitrogens with two attached hydrogens (primary N) is 1. The van der Waals surface area contributed by atoms with Crippen LogP contribution in [-0.2, 0) is 4.79 Å². The van der Waals surface area contributed by atoms with E-state index in [4.69, 9.17) is 10.8 Å². The molecule has 0 fully saturated rings. The van der Waals surface area contributed by atoms with Crippen molar-refractivity contribution in [2.45, 2.75) is 19.8 Å². The van der Waals surface area contributed by atoms with Gasteiger partial charge >= 0.3 is 5.97 Å². The molecule has 0 radical (unpaired) electrons. The van der Waals surface area contributed by atoms with Gasteiger partial charge in [-0.1, -0.05) is 13.5 Å². The SMILES string of the molecule is C=C(N)CC[C@H](C)C(=O)O. The van der Waals surface area contributed by atoms with Gasteiger partial charge in [0.25, 0.3) is 0 Å². The molecule has 3 heteroatoms. The van der Waals surface area contributed by atoms with Gasteiger partial charge in [-0.15, -0.1) is 0 Å². The molecule has 58 valence electrons. The molecule has 0 saturated heterocycles. The molecule has 0 aliphatic rings. The molecule has 0 saturated carbocycles. The van der Waals surface area contributed by atoms with Gasteiger partial charge < -0.3 is 10.8 Å². The highest BCUT2D eigenvalue weighted by Gasteiger charge is 2.09. The molecule has 0 bridgehead atoms. The lowest BCUT2D eigenvalue weighted by Crippen LogP contribution is -2.10. The Bertz CT molecular complexity index is 143. The second kappa shape index (κ2) is 3.93. The molecule has 0 spiro atoms. The zero-order chi connectivity index (χ0) is 8.15. The van der Waals surface area contributed by atoms with Crippen molar-refractivity contribution in [1.29, 1.82) is 0 Å². The number of carboxylic acid groups (broad SMARTS) is 1. The topological polar surface area (TPSA) is 63.3 Å². The van der Waals surface area contributed by atoms with Crippen LogP contribution in [0.1, 0.15) is 19.8 Å². The normalized spacial score (nSPS) is 12.5. The maximum Gasteiger partial charge on any atom is 0.306 e. The summed E-state index contributed by atoms with van der Waals surface area (Å²) in [5.74, 6) is -1.10. The van der Waals surface area contributed by atoms with E-state index in [1.54, 1.807) is 6.92 Å². The van der Waals surface area contributed by atoms with Crippen LogP contribution in [0.3, 0.4) is 0 Å². The molecule has 0 aromatic carbocycles. The molecule has 0 heterocycles. The van der Waals surface area contributed by atoms with E-state index in [0.29, 0.717) is 18.5 Å². The Kier molecular flexibility index (Phi) is 3.54. The van der Waals surface area contributed by atoms with E-state index in [-0.39, 0.29) is 5.92 Å². The number of allylic oxidation sites excluding steroid dienone is 1. The first-order valence-electron chi connectivity index (χ1n) is 3.20. The predicted octanol–water partition coefficient (Wildman–Crippen LogP) is 0.960. The summed E-state index contributed by atoms with van der Waals surface area (Å²) in [4.78, 5) is 10.2. The van der Waals surface area contributed by atoms with E-state index in [9.17, 15) is 4.79 Å². The summed E-state index contributed by atoms with van der Waals surface area (Å²) < 4.78 is 0. The Hall–Kier alpha value is -0.990. The molecular formula is C7H13NO2. The average molecular weight is 143 g/mol. The van der Waals surface area contributed by atoms with Gasteiger partial charge in [-0.25, -0.2) is 0 Å². The number of carboxylic acids is 1. The monoisotopic (exact) mass is 143 g/mol. The van der Waals surface area contributed by atoms with Crippen molar-refractivity contribution in [3.63, 3.8) is 0 Å². The molecule has 0 aromatic rings. The average Bonchev–Trinajstić information content (AvgIpc) is 1.82. The van der Waals surface area contributed by atoms with Crippen LogP contribution in [0.15, 0.2) is 12.3 Å². The standard InChI is InChI=1S/C7H13NO2/c1-5(7(9)10)3-4-6(2)8/h5H,2-4,8H2,1H3,(H,9,10)/t5-/m0/s1. The summed E-state index contributed by atoms with van der Waals surface area (Å²) in [6, 6.07) is 0. The minimum absolute atomic E-state index is 0.319. The first-order valence-corrected chi connectivity index (χ1v) is 3.20. The van der Waals surface area contributed by atoms with Crippen molar-refractivity contribution in [1.82, 2.24) is 0 Å². The third-order valence-corrected chi connectivity index (χ3v) is 1.32. The van der Waals surface area contributed by atoms with Crippen LogP contribution in [0, 0.1) is 5.92 Å². The van der Waals surface area contributed by atoms with Crippen molar-refractivity contribution in [2.24, 2.45) is 11.7 Å². The van der Waals surface area contributed by atoms with E-state index < -0.39 is 5.97 Å². The first kappa shape index (κ1) is 9.01. The molecular weight excluding hydrogens is 130 g/mol. The molecule has 10 heavy (non-hydrogen) atoms. The molecule has 0 aliphatic carbocycles. The van der Waals surface area contributed by atoms with E-state index in [1.807, 2.05) is 0 Å². The highest BCUT2D eigenvalue weighted by Crippen LogP contribution is 2.07. The van der Waals surface area contributed by atoms with Crippen molar-refractivity contribution < 1.29 is 9.90 Å². The zero-order valence-electron chi connectivity index (χ0n) is 6.13. The van der Waals surface area contributed by atoms with Gasteiger partial charge in [-0.05, 0) is 12.8 Å². The molecule has 1 atom stereocenters. The highest BCUT2D eigenvalue weighted by atomic mass is 16.4. The van der Waals surface area contributed by atoms with Gasteiger partial charge in [-0.2, -0.15) is 0 Å². The lowest BCUT2D eigenvalue weighted by atomic mass is 10.1. The second-order valence-corrected chi connectivity index (χ2v) is 2.44. The molecule has 0 aliphatic heterocycles.